The van der Waals surface area contributed by atoms with Gasteiger partial charge in [0.25, 0.3) is 0 Å². The van der Waals surface area contributed by atoms with E-state index in [4.69, 9.17) is 12.2 Å². The van der Waals surface area contributed by atoms with Crippen molar-refractivity contribution in [3.8, 4) is 5.69 Å². The molecule has 0 amide bonds. The topological polar surface area (TPSA) is 20.7 Å². The number of H-pyrrole nitrogens is 1. The van der Waals surface area contributed by atoms with Crippen LogP contribution in [0, 0.1) is 16.4 Å². The van der Waals surface area contributed by atoms with Crippen molar-refractivity contribution in [3.63, 3.8) is 0 Å². The first-order chi connectivity index (χ1) is 8.29. The van der Waals surface area contributed by atoms with Crippen molar-refractivity contribution >= 4 is 12.2 Å². The Labute approximate surface area is 109 Å². The molecule has 0 radical (unpaired) electrons. The molecule has 0 aliphatic rings. The molecule has 96 valence electrons. The molecule has 2 nitrogen and oxygen atoms in total. The van der Waals surface area contributed by atoms with Crippen molar-refractivity contribution < 1.29 is 8.78 Å². The molecule has 0 aliphatic heterocycles. The van der Waals surface area contributed by atoms with Crippen LogP contribution in [0.4, 0.5) is 8.78 Å². The highest BCUT2D eigenvalue weighted by Crippen LogP contribution is 2.26. The van der Waals surface area contributed by atoms with Crippen LogP contribution in [-0.4, -0.2) is 9.55 Å². The molecule has 1 aromatic heterocycles. The normalized spacial score (nSPS) is 11.8. The van der Waals surface area contributed by atoms with Crippen molar-refractivity contribution in [1.82, 2.24) is 9.55 Å². The molecule has 0 spiro atoms. The highest BCUT2D eigenvalue weighted by Gasteiger charge is 2.20. The van der Waals surface area contributed by atoms with E-state index in [1.54, 1.807) is 10.8 Å². The van der Waals surface area contributed by atoms with Gasteiger partial charge in [0, 0.05) is 23.4 Å². The van der Waals surface area contributed by atoms with E-state index in [-0.39, 0.29) is 5.41 Å². The number of nitrogens with one attached hydrogen (secondary N) is 1. The van der Waals surface area contributed by atoms with Gasteiger partial charge in [-0.3, -0.25) is 4.57 Å². The first-order valence-corrected chi connectivity index (χ1v) is 5.97. The summed E-state index contributed by atoms with van der Waals surface area (Å²) in [6.45, 7) is 6.03. The van der Waals surface area contributed by atoms with E-state index in [0.717, 1.165) is 11.8 Å². The Morgan fingerprint density at radius 3 is 2.17 bits per heavy atom. The van der Waals surface area contributed by atoms with E-state index in [1.807, 2.05) is 20.8 Å². The molecular weight excluding hydrogens is 254 g/mol. The summed E-state index contributed by atoms with van der Waals surface area (Å²) in [5.74, 6) is -1.24. The Morgan fingerprint density at radius 1 is 1.11 bits per heavy atom. The fourth-order valence-electron chi connectivity index (χ4n) is 1.85. The van der Waals surface area contributed by atoms with Crippen molar-refractivity contribution in [2.24, 2.45) is 0 Å². The maximum Gasteiger partial charge on any atom is 0.182 e. The van der Waals surface area contributed by atoms with Gasteiger partial charge in [0.2, 0.25) is 0 Å². The fourth-order valence-corrected chi connectivity index (χ4v) is 2.11. The van der Waals surface area contributed by atoms with Crippen LogP contribution in [-0.2, 0) is 5.41 Å². The molecule has 0 saturated carbocycles. The number of imidazole rings is 1. The smallest absolute Gasteiger partial charge is 0.182 e. The SMILES string of the molecule is CC(C)(C)c1c[nH]c(=S)n1-c1cc(F)cc(F)c1. The molecule has 1 N–H and O–H groups in total. The average Bonchev–Trinajstić information content (AvgIpc) is 2.57. The highest BCUT2D eigenvalue weighted by atomic mass is 32.1. The molecule has 0 atom stereocenters. The standard InChI is InChI=1S/C13H14F2N2S/c1-13(2,3)11-7-16-12(18)17(11)10-5-8(14)4-9(15)6-10/h4-7H,1-3H3,(H,16,18). The number of hydrogen-bond acceptors (Lipinski definition) is 1. The number of nitrogens with zero attached hydrogens (tertiary/aromatic N) is 1. The second-order valence-electron chi connectivity index (χ2n) is 5.19. The molecular formula is C13H14F2N2S. The molecule has 0 fully saturated rings. The minimum absolute atomic E-state index is 0.184. The van der Waals surface area contributed by atoms with Gasteiger partial charge < -0.3 is 4.98 Å². The van der Waals surface area contributed by atoms with Gasteiger partial charge in [-0.1, -0.05) is 20.8 Å². The molecule has 0 bridgehead atoms. The van der Waals surface area contributed by atoms with Crippen molar-refractivity contribution in [2.75, 3.05) is 0 Å². The van der Waals surface area contributed by atoms with E-state index >= 15 is 0 Å². The van der Waals surface area contributed by atoms with Crippen molar-refractivity contribution in [3.05, 3.63) is 46.5 Å². The predicted molar refractivity (Wildman–Crippen MR) is 69.6 cm³/mol. The van der Waals surface area contributed by atoms with E-state index in [9.17, 15) is 8.78 Å². The van der Waals surface area contributed by atoms with E-state index in [2.05, 4.69) is 4.98 Å². The monoisotopic (exact) mass is 268 g/mol. The zero-order valence-corrected chi connectivity index (χ0v) is 11.2. The number of aromatic amines is 1. The third-order valence-corrected chi connectivity index (χ3v) is 2.95. The largest absolute Gasteiger partial charge is 0.337 e. The highest BCUT2D eigenvalue weighted by molar-refractivity contribution is 7.71. The number of halogens is 2. The minimum Gasteiger partial charge on any atom is -0.337 e. The van der Waals surface area contributed by atoms with Crippen LogP contribution in [0.2, 0.25) is 0 Å². The van der Waals surface area contributed by atoms with Gasteiger partial charge in [0.05, 0.1) is 5.69 Å². The lowest BCUT2D eigenvalue weighted by molar-refractivity contribution is 0.550. The second kappa shape index (κ2) is 4.31. The molecule has 1 aromatic carbocycles. The Kier molecular flexibility index (Phi) is 3.11. The summed E-state index contributed by atoms with van der Waals surface area (Å²) >= 11 is 5.17. The number of rotatable bonds is 1. The maximum atomic E-state index is 13.3. The van der Waals surface area contributed by atoms with Crippen LogP contribution < -0.4 is 0 Å². The minimum atomic E-state index is -0.618. The van der Waals surface area contributed by atoms with Gasteiger partial charge in [0.1, 0.15) is 11.6 Å². The Bertz CT molecular complexity index is 615. The van der Waals surface area contributed by atoms with Crippen molar-refractivity contribution in [2.45, 2.75) is 26.2 Å². The number of aromatic nitrogens is 2. The average molecular weight is 268 g/mol. The second-order valence-corrected chi connectivity index (χ2v) is 5.58. The summed E-state index contributed by atoms with van der Waals surface area (Å²) in [4.78, 5) is 2.91. The first-order valence-electron chi connectivity index (χ1n) is 5.56. The van der Waals surface area contributed by atoms with E-state index in [1.165, 1.54) is 12.1 Å². The Balaban J connectivity index is 2.71. The number of hydrogen-bond donors (Lipinski definition) is 1. The molecule has 1 heterocycles. The summed E-state index contributed by atoms with van der Waals surface area (Å²) in [6, 6.07) is 3.38. The van der Waals surface area contributed by atoms with Gasteiger partial charge in [-0.05, 0) is 24.4 Å². The van der Waals surface area contributed by atoms with Gasteiger partial charge in [0.15, 0.2) is 4.77 Å². The summed E-state index contributed by atoms with van der Waals surface area (Å²) in [5, 5.41) is 0. The van der Waals surface area contributed by atoms with Crippen LogP contribution in [0.15, 0.2) is 24.4 Å². The van der Waals surface area contributed by atoms with Crippen LogP contribution in [0.1, 0.15) is 26.5 Å². The predicted octanol–water partition coefficient (Wildman–Crippen LogP) is 4.11. The van der Waals surface area contributed by atoms with E-state index < -0.39 is 11.6 Å². The van der Waals surface area contributed by atoms with Gasteiger partial charge >= 0.3 is 0 Å². The van der Waals surface area contributed by atoms with Crippen LogP contribution >= 0.6 is 12.2 Å². The lowest BCUT2D eigenvalue weighted by atomic mass is 9.92. The molecule has 0 unspecified atom stereocenters. The molecule has 0 saturated heterocycles. The zero-order chi connectivity index (χ0) is 13.5. The molecule has 5 heteroatoms. The lowest BCUT2D eigenvalue weighted by Crippen LogP contribution is -2.17. The van der Waals surface area contributed by atoms with Crippen LogP contribution in [0.5, 0.6) is 0 Å². The number of benzene rings is 1. The fraction of sp³-hybridized carbons (Fsp3) is 0.308. The third kappa shape index (κ3) is 2.36. The van der Waals surface area contributed by atoms with Crippen LogP contribution in [0.25, 0.3) is 5.69 Å². The lowest BCUT2D eigenvalue weighted by Gasteiger charge is -2.20. The summed E-state index contributed by atoms with van der Waals surface area (Å²) in [7, 11) is 0. The van der Waals surface area contributed by atoms with Gasteiger partial charge in [-0.15, -0.1) is 0 Å². The molecule has 18 heavy (non-hydrogen) atoms. The summed E-state index contributed by atoms with van der Waals surface area (Å²) < 4.78 is 28.6. The summed E-state index contributed by atoms with van der Waals surface area (Å²) in [5.41, 5.74) is 1.08. The third-order valence-electron chi connectivity index (χ3n) is 2.65. The molecule has 2 aromatic rings. The van der Waals surface area contributed by atoms with E-state index in [0.29, 0.717) is 10.5 Å². The van der Waals surface area contributed by atoms with Gasteiger partial charge in [-0.25, -0.2) is 8.78 Å². The quantitative estimate of drug-likeness (QED) is 0.772. The summed E-state index contributed by atoms with van der Waals surface area (Å²) in [6.07, 6.45) is 1.77. The van der Waals surface area contributed by atoms with Crippen molar-refractivity contribution in [1.29, 1.82) is 0 Å². The van der Waals surface area contributed by atoms with Gasteiger partial charge in [-0.2, -0.15) is 0 Å². The van der Waals surface area contributed by atoms with Crippen LogP contribution in [0.3, 0.4) is 0 Å². The zero-order valence-electron chi connectivity index (χ0n) is 10.4. The molecule has 0 aliphatic carbocycles. The Hall–Kier alpha value is -1.49. The molecule has 2 rings (SSSR count). The first kappa shape index (κ1) is 13.0. The Morgan fingerprint density at radius 2 is 1.67 bits per heavy atom. The maximum absolute atomic E-state index is 13.3.